The monoisotopic (exact) mass is 552 g/mol. The number of methoxy groups -OCH3 is 1. The van der Waals surface area contributed by atoms with Gasteiger partial charge in [0, 0.05) is 11.6 Å². The largest absolute Gasteiger partial charge is 0.573 e. The number of alkyl halides is 3. The first kappa shape index (κ1) is 26.0. The van der Waals surface area contributed by atoms with Gasteiger partial charge in [0.05, 0.1) is 30.5 Å². The molecule has 39 heavy (non-hydrogen) atoms. The van der Waals surface area contributed by atoms with Crippen LogP contribution in [0.1, 0.15) is 5.56 Å². The molecule has 0 atom stereocenters. The number of thioether (sulfide) groups is 1. The summed E-state index contributed by atoms with van der Waals surface area (Å²) in [6, 6.07) is 19.7. The molecule has 1 aliphatic rings. The smallest absolute Gasteiger partial charge is 0.497 e. The summed E-state index contributed by atoms with van der Waals surface area (Å²) in [6.45, 7) is 0. The van der Waals surface area contributed by atoms with Crippen molar-refractivity contribution in [3.63, 3.8) is 0 Å². The average molecular weight is 553 g/mol. The second-order valence-corrected chi connectivity index (χ2v) is 8.97. The molecule has 198 valence electrons. The quantitative estimate of drug-likeness (QED) is 0.228. The highest BCUT2D eigenvalue weighted by Crippen LogP contribution is 2.29. The topological polar surface area (TPSA) is 94.2 Å². The van der Waals surface area contributed by atoms with Crippen molar-refractivity contribution in [2.24, 2.45) is 10.2 Å². The number of aromatic nitrogens is 3. The molecule has 1 aromatic heterocycles. The Balaban J connectivity index is 1.26. The number of amides is 1. The van der Waals surface area contributed by atoms with Crippen molar-refractivity contribution in [2.45, 2.75) is 6.36 Å². The Morgan fingerprint density at radius 3 is 2.49 bits per heavy atom. The third kappa shape index (κ3) is 6.26. The van der Waals surface area contributed by atoms with Crippen LogP contribution < -0.4 is 14.4 Å². The Hall–Kier alpha value is -4.65. The predicted molar refractivity (Wildman–Crippen MR) is 141 cm³/mol. The summed E-state index contributed by atoms with van der Waals surface area (Å²) in [5.41, 5.74) is 2.68. The zero-order chi connectivity index (χ0) is 27.4. The Morgan fingerprint density at radius 1 is 1.00 bits per heavy atom. The lowest BCUT2D eigenvalue weighted by molar-refractivity contribution is -0.274. The molecule has 0 radical (unpaired) electrons. The van der Waals surface area contributed by atoms with E-state index in [0.29, 0.717) is 28.1 Å². The van der Waals surface area contributed by atoms with Crippen molar-refractivity contribution in [1.29, 1.82) is 0 Å². The number of hydrogen-bond donors (Lipinski definition) is 0. The number of halogens is 3. The van der Waals surface area contributed by atoms with Gasteiger partial charge in [0.15, 0.2) is 11.0 Å². The van der Waals surface area contributed by atoms with E-state index < -0.39 is 6.36 Å². The molecule has 0 spiro atoms. The highest BCUT2D eigenvalue weighted by atomic mass is 32.2. The molecule has 4 aromatic rings. The SMILES string of the molecule is COc1cccc(N2C(=O)CS/C2=N\N=C\c2ccc(-c3ncn(-c4ccc(OC(F)(F)F)cc4)n3)cc2)c1. The molecule has 3 aromatic carbocycles. The van der Waals surface area contributed by atoms with Gasteiger partial charge in [0.2, 0.25) is 5.91 Å². The van der Waals surface area contributed by atoms with Crippen LogP contribution in [-0.2, 0) is 4.79 Å². The van der Waals surface area contributed by atoms with E-state index in [-0.39, 0.29) is 17.4 Å². The maximum absolute atomic E-state index is 12.4. The Morgan fingerprint density at radius 2 is 1.77 bits per heavy atom. The lowest BCUT2D eigenvalue weighted by Gasteiger charge is -2.15. The minimum atomic E-state index is -4.75. The third-order valence-corrected chi connectivity index (χ3v) is 6.34. The van der Waals surface area contributed by atoms with Crippen molar-refractivity contribution < 1.29 is 27.4 Å². The lowest BCUT2D eigenvalue weighted by atomic mass is 10.1. The highest BCUT2D eigenvalue weighted by Gasteiger charge is 2.31. The molecule has 13 heteroatoms. The van der Waals surface area contributed by atoms with Gasteiger partial charge in [-0.3, -0.25) is 9.69 Å². The van der Waals surface area contributed by atoms with Crippen LogP contribution in [0.25, 0.3) is 17.1 Å². The second-order valence-electron chi connectivity index (χ2n) is 8.02. The minimum Gasteiger partial charge on any atom is -0.497 e. The van der Waals surface area contributed by atoms with E-state index in [1.165, 1.54) is 51.9 Å². The number of benzene rings is 3. The summed E-state index contributed by atoms with van der Waals surface area (Å²) in [6.07, 6.45) is -1.72. The first-order valence-electron chi connectivity index (χ1n) is 11.4. The van der Waals surface area contributed by atoms with E-state index in [4.69, 9.17) is 4.74 Å². The van der Waals surface area contributed by atoms with Crippen LogP contribution in [0.2, 0.25) is 0 Å². The number of carbonyl (C=O) groups is 1. The maximum atomic E-state index is 12.4. The predicted octanol–water partition coefficient (Wildman–Crippen LogP) is 5.31. The Bertz CT molecular complexity index is 1540. The third-order valence-electron chi connectivity index (χ3n) is 5.42. The summed E-state index contributed by atoms with van der Waals surface area (Å²) in [5.74, 6) is 0.923. The van der Waals surface area contributed by atoms with Crippen LogP contribution in [0.4, 0.5) is 18.9 Å². The van der Waals surface area contributed by atoms with Crippen LogP contribution in [-0.4, -0.2) is 51.3 Å². The molecule has 2 heterocycles. The molecule has 1 aliphatic heterocycles. The van der Waals surface area contributed by atoms with E-state index in [1.54, 1.807) is 37.6 Å². The van der Waals surface area contributed by atoms with Gasteiger partial charge in [-0.25, -0.2) is 9.67 Å². The Labute approximate surface area is 224 Å². The molecule has 9 nitrogen and oxygen atoms in total. The molecule has 0 N–H and O–H groups in total. The molecule has 1 fully saturated rings. The lowest BCUT2D eigenvalue weighted by Crippen LogP contribution is -2.29. The minimum absolute atomic E-state index is 0.0934. The summed E-state index contributed by atoms with van der Waals surface area (Å²) in [5, 5.41) is 13.3. The van der Waals surface area contributed by atoms with Gasteiger partial charge in [-0.05, 0) is 42.0 Å². The summed E-state index contributed by atoms with van der Waals surface area (Å²) in [7, 11) is 1.56. The summed E-state index contributed by atoms with van der Waals surface area (Å²) in [4.78, 5) is 18.2. The van der Waals surface area contributed by atoms with E-state index >= 15 is 0 Å². The molecule has 0 aliphatic carbocycles. The second kappa shape index (κ2) is 11.0. The molecule has 5 rings (SSSR count). The van der Waals surface area contributed by atoms with Crippen LogP contribution >= 0.6 is 11.8 Å². The fourth-order valence-electron chi connectivity index (χ4n) is 3.62. The standard InChI is InChI=1S/C26H19F3N6O3S/c1-37-22-4-2-3-20(13-22)35-23(36)15-39-25(35)32-31-14-17-5-7-18(8-6-17)24-30-16-34(33-24)19-9-11-21(12-10-19)38-26(27,28)29/h2-14,16H,15H2,1H3/b31-14+,32-25-. The number of ether oxygens (including phenoxy) is 2. The van der Waals surface area contributed by atoms with E-state index in [1.807, 2.05) is 24.3 Å². The first-order chi connectivity index (χ1) is 18.8. The number of nitrogens with zero attached hydrogens (tertiary/aromatic N) is 6. The summed E-state index contributed by atoms with van der Waals surface area (Å²) >= 11 is 1.30. The van der Waals surface area contributed by atoms with Gasteiger partial charge >= 0.3 is 6.36 Å². The van der Waals surface area contributed by atoms with Gasteiger partial charge in [0.25, 0.3) is 0 Å². The van der Waals surface area contributed by atoms with Crippen molar-refractivity contribution in [3.8, 4) is 28.6 Å². The van der Waals surface area contributed by atoms with E-state index in [2.05, 4.69) is 25.0 Å². The highest BCUT2D eigenvalue weighted by molar-refractivity contribution is 8.15. The van der Waals surface area contributed by atoms with Crippen molar-refractivity contribution in [1.82, 2.24) is 14.8 Å². The van der Waals surface area contributed by atoms with Gasteiger partial charge < -0.3 is 9.47 Å². The van der Waals surface area contributed by atoms with Crippen LogP contribution in [0, 0.1) is 0 Å². The number of anilines is 1. The van der Waals surface area contributed by atoms with Gasteiger partial charge in [-0.15, -0.1) is 23.4 Å². The molecule has 0 unspecified atom stereocenters. The van der Waals surface area contributed by atoms with Crippen LogP contribution in [0.5, 0.6) is 11.5 Å². The molecule has 1 saturated heterocycles. The number of rotatable bonds is 7. The number of carbonyl (C=O) groups excluding carboxylic acids is 1. The summed E-state index contributed by atoms with van der Waals surface area (Å²) < 4.78 is 47.7. The van der Waals surface area contributed by atoms with Crippen LogP contribution in [0.15, 0.2) is 89.3 Å². The maximum Gasteiger partial charge on any atom is 0.573 e. The van der Waals surface area contributed by atoms with Crippen molar-refractivity contribution in [3.05, 3.63) is 84.7 Å². The van der Waals surface area contributed by atoms with Crippen molar-refractivity contribution in [2.75, 3.05) is 17.8 Å². The zero-order valence-corrected chi connectivity index (χ0v) is 21.1. The molecule has 1 amide bonds. The van der Waals surface area contributed by atoms with E-state index in [9.17, 15) is 18.0 Å². The fourth-order valence-corrected chi connectivity index (χ4v) is 4.45. The van der Waals surface area contributed by atoms with Crippen molar-refractivity contribution >= 4 is 34.7 Å². The molecular weight excluding hydrogens is 533 g/mol. The normalized spacial score (nSPS) is 14.9. The molecule has 0 saturated carbocycles. The Kier molecular flexibility index (Phi) is 7.32. The molecule has 0 bridgehead atoms. The zero-order valence-electron chi connectivity index (χ0n) is 20.2. The molecular formula is C26H19F3N6O3S. The van der Waals surface area contributed by atoms with E-state index in [0.717, 1.165) is 11.1 Å². The van der Waals surface area contributed by atoms with Gasteiger partial charge in [-0.1, -0.05) is 42.1 Å². The number of hydrogen-bond acceptors (Lipinski definition) is 8. The fraction of sp³-hybridized carbons (Fsp3) is 0.115. The van der Waals surface area contributed by atoms with Gasteiger partial charge in [-0.2, -0.15) is 5.10 Å². The first-order valence-corrected chi connectivity index (χ1v) is 12.4. The number of amidine groups is 1. The van der Waals surface area contributed by atoms with Crippen LogP contribution in [0.3, 0.4) is 0 Å². The average Bonchev–Trinajstić information content (AvgIpc) is 3.56. The van der Waals surface area contributed by atoms with Gasteiger partial charge in [0.1, 0.15) is 17.8 Å².